The second-order valence-corrected chi connectivity index (χ2v) is 7.24. The van der Waals surface area contributed by atoms with Crippen molar-refractivity contribution in [3.05, 3.63) is 89.5 Å². The van der Waals surface area contributed by atoms with Crippen LogP contribution in [0.25, 0.3) is 16.8 Å². The smallest absolute Gasteiger partial charge is 0.367 e. The topological polar surface area (TPSA) is 57.1 Å². The Morgan fingerprint density at radius 3 is 2.65 bits per heavy atom. The minimum absolute atomic E-state index is 0.403. The molecule has 0 unspecified atom stereocenters. The van der Waals surface area contributed by atoms with Crippen LogP contribution >= 0.6 is 0 Å². The van der Waals surface area contributed by atoms with Crippen LogP contribution in [0.15, 0.2) is 78.0 Å². The lowest BCUT2D eigenvalue weighted by molar-refractivity contribution is -0.136. The summed E-state index contributed by atoms with van der Waals surface area (Å²) in [6.07, 6.45) is 4.15. The highest BCUT2D eigenvalue weighted by molar-refractivity contribution is 6.24. The number of oxime groups is 1. The van der Waals surface area contributed by atoms with E-state index in [4.69, 9.17) is 14.3 Å². The van der Waals surface area contributed by atoms with E-state index in [0.29, 0.717) is 35.8 Å². The fraction of sp³-hybridized carbons (Fsp3) is 0.154. The maximum absolute atomic E-state index is 11.9. The number of hydrogen-bond donors (Lipinski definition) is 0. The molecule has 5 nitrogen and oxygen atoms in total. The largest absolute Gasteiger partial charge is 0.493 e. The van der Waals surface area contributed by atoms with Gasteiger partial charge in [0.05, 0.1) is 18.4 Å². The van der Waals surface area contributed by atoms with Gasteiger partial charge in [0, 0.05) is 5.56 Å². The van der Waals surface area contributed by atoms with Crippen LogP contribution in [0.1, 0.15) is 23.6 Å². The second kappa shape index (κ2) is 8.88. The number of carbonyl (C=O) groups is 1. The van der Waals surface area contributed by atoms with E-state index in [1.165, 1.54) is 5.39 Å². The van der Waals surface area contributed by atoms with E-state index in [1.54, 1.807) is 20.1 Å². The van der Waals surface area contributed by atoms with Crippen LogP contribution in [0, 0.1) is 0 Å². The zero-order valence-electron chi connectivity index (χ0n) is 17.6. The van der Waals surface area contributed by atoms with Gasteiger partial charge < -0.3 is 14.3 Å². The highest BCUT2D eigenvalue weighted by Gasteiger charge is 2.22. The van der Waals surface area contributed by atoms with Crippen molar-refractivity contribution in [2.45, 2.75) is 20.0 Å². The number of rotatable bonds is 7. The molecule has 156 valence electrons. The lowest BCUT2D eigenvalue weighted by Gasteiger charge is -2.17. The molecule has 0 atom stereocenters. The van der Waals surface area contributed by atoms with Crippen LogP contribution < -0.4 is 9.47 Å². The highest BCUT2D eigenvalue weighted by atomic mass is 16.7. The monoisotopic (exact) mass is 413 g/mol. The molecule has 1 heterocycles. The van der Waals surface area contributed by atoms with Crippen LogP contribution in [-0.4, -0.2) is 18.8 Å². The number of nitrogens with zero attached hydrogens (tertiary/aromatic N) is 1. The van der Waals surface area contributed by atoms with Gasteiger partial charge in [-0.05, 0) is 53.5 Å². The molecule has 0 fully saturated rings. The van der Waals surface area contributed by atoms with Gasteiger partial charge in [0.15, 0.2) is 11.5 Å². The van der Waals surface area contributed by atoms with Crippen molar-refractivity contribution < 1.29 is 19.1 Å². The first-order valence-corrected chi connectivity index (χ1v) is 10.00. The van der Waals surface area contributed by atoms with Crippen molar-refractivity contribution in [2.75, 3.05) is 7.11 Å². The summed E-state index contributed by atoms with van der Waals surface area (Å²) < 4.78 is 11.9. The number of benzene rings is 3. The summed E-state index contributed by atoms with van der Waals surface area (Å²) in [5.74, 6) is 0.794. The molecular formula is C26H23NO4. The highest BCUT2D eigenvalue weighted by Crippen LogP contribution is 2.35. The first-order chi connectivity index (χ1) is 15.1. The minimum Gasteiger partial charge on any atom is -0.493 e. The van der Waals surface area contributed by atoms with Gasteiger partial charge in [-0.3, -0.25) is 0 Å². The average Bonchev–Trinajstić information content (AvgIpc) is 3.10. The molecule has 0 spiro atoms. The zero-order chi connectivity index (χ0) is 21.8. The molecule has 0 saturated carbocycles. The van der Waals surface area contributed by atoms with E-state index >= 15 is 0 Å². The Morgan fingerprint density at radius 1 is 1.10 bits per heavy atom. The van der Waals surface area contributed by atoms with Crippen molar-refractivity contribution in [1.29, 1.82) is 0 Å². The number of hydrogen-bond acceptors (Lipinski definition) is 5. The Labute approximate surface area is 181 Å². The number of ether oxygens (including phenoxy) is 2. The van der Waals surface area contributed by atoms with Gasteiger partial charge in [0.1, 0.15) is 6.61 Å². The molecule has 0 radical (unpaired) electrons. The molecule has 3 aromatic carbocycles. The molecule has 3 aromatic rings. The van der Waals surface area contributed by atoms with Crippen LogP contribution in [-0.2, 0) is 22.7 Å². The molecule has 4 rings (SSSR count). The van der Waals surface area contributed by atoms with Crippen LogP contribution in [0.3, 0.4) is 0 Å². The van der Waals surface area contributed by atoms with Crippen molar-refractivity contribution in [1.82, 2.24) is 0 Å². The predicted octanol–water partition coefficient (Wildman–Crippen LogP) is 5.47. The van der Waals surface area contributed by atoms with Crippen molar-refractivity contribution in [2.24, 2.45) is 5.16 Å². The third-order valence-electron chi connectivity index (χ3n) is 5.18. The van der Waals surface area contributed by atoms with Gasteiger partial charge >= 0.3 is 5.97 Å². The maximum Gasteiger partial charge on any atom is 0.367 e. The van der Waals surface area contributed by atoms with Gasteiger partial charge in [-0.2, -0.15) is 0 Å². The van der Waals surface area contributed by atoms with Gasteiger partial charge in [-0.1, -0.05) is 53.7 Å². The standard InChI is InChI=1S/C26H23NO4/c1-4-8-20-13-18(14-23-17(2)27-31-26(23)28)15-24(29-3)25(20)30-16-21-11-7-10-19-9-5-6-12-22(19)21/h4-7,9-15H,1,8,16H2,2-3H3/b23-14-. The molecule has 0 amide bonds. The maximum atomic E-state index is 11.9. The lowest BCUT2D eigenvalue weighted by atomic mass is 10.0. The summed E-state index contributed by atoms with van der Waals surface area (Å²) in [5.41, 5.74) is 3.79. The molecule has 5 heteroatoms. The Bertz CT molecular complexity index is 1220. The Kier molecular flexibility index (Phi) is 5.85. The molecule has 0 aliphatic carbocycles. The van der Waals surface area contributed by atoms with Crippen molar-refractivity contribution in [3.63, 3.8) is 0 Å². The van der Waals surface area contributed by atoms with E-state index in [2.05, 4.69) is 36.0 Å². The molecule has 1 aliphatic rings. The summed E-state index contributed by atoms with van der Waals surface area (Å²) >= 11 is 0. The summed E-state index contributed by atoms with van der Waals surface area (Å²) in [4.78, 5) is 16.6. The van der Waals surface area contributed by atoms with E-state index in [1.807, 2.05) is 36.4 Å². The molecule has 0 N–H and O–H groups in total. The number of carbonyl (C=O) groups excluding carboxylic acids is 1. The SMILES string of the molecule is C=CCc1cc(/C=C2\C(=O)ON=C2C)cc(OC)c1OCc1cccc2ccccc12. The Morgan fingerprint density at radius 2 is 1.90 bits per heavy atom. The zero-order valence-corrected chi connectivity index (χ0v) is 17.6. The number of methoxy groups -OCH3 is 1. The van der Waals surface area contributed by atoms with E-state index < -0.39 is 5.97 Å². The van der Waals surface area contributed by atoms with Gasteiger partial charge in [0.25, 0.3) is 0 Å². The predicted molar refractivity (Wildman–Crippen MR) is 122 cm³/mol. The van der Waals surface area contributed by atoms with Crippen LogP contribution in [0.2, 0.25) is 0 Å². The molecule has 0 bridgehead atoms. The fourth-order valence-corrected chi connectivity index (χ4v) is 3.64. The summed E-state index contributed by atoms with van der Waals surface area (Å²) in [5, 5.41) is 6.06. The number of allylic oxidation sites excluding steroid dienone is 1. The van der Waals surface area contributed by atoms with Crippen molar-refractivity contribution >= 4 is 28.5 Å². The third kappa shape index (κ3) is 4.21. The first-order valence-electron chi connectivity index (χ1n) is 10.00. The molecule has 0 aromatic heterocycles. The van der Waals surface area contributed by atoms with Crippen LogP contribution in [0.5, 0.6) is 11.5 Å². The normalized spacial score (nSPS) is 14.5. The molecule has 0 saturated heterocycles. The van der Waals surface area contributed by atoms with E-state index in [-0.39, 0.29) is 0 Å². The summed E-state index contributed by atoms with van der Waals surface area (Å²) in [7, 11) is 1.60. The molecule has 1 aliphatic heterocycles. The summed E-state index contributed by atoms with van der Waals surface area (Å²) in [6, 6.07) is 18.2. The van der Waals surface area contributed by atoms with Gasteiger partial charge in [-0.25, -0.2) is 4.79 Å². The molecular weight excluding hydrogens is 390 g/mol. The van der Waals surface area contributed by atoms with Crippen molar-refractivity contribution in [3.8, 4) is 11.5 Å². The van der Waals surface area contributed by atoms with E-state index in [9.17, 15) is 4.79 Å². The van der Waals surface area contributed by atoms with E-state index in [0.717, 1.165) is 22.1 Å². The quantitative estimate of drug-likeness (QED) is 0.293. The Hall–Kier alpha value is -3.86. The Balaban J connectivity index is 1.70. The fourth-order valence-electron chi connectivity index (χ4n) is 3.64. The first kappa shape index (κ1) is 20.4. The summed E-state index contributed by atoms with van der Waals surface area (Å²) in [6.45, 7) is 6.00. The lowest BCUT2D eigenvalue weighted by Crippen LogP contribution is -2.04. The number of fused-ring (bicyclic) bond motifs is 1. The van der Waals surface area contributed by atoms with Gasteiger partial charge in [0.2, 0.25) is 0 Å². The van der Waals surface area contributed by atoms with Gasteiger partial charge in [-0.15, -0.1) is 6.58 Å². The molecule has 31 heavy (non-hydrogen) atoms. The second-order valence-electron chi connectivity index (χ2n) is 7.24. The minimum atomic E-state index is -0.460. The third-order valence-corrected chi connectivity index (χ3v) is 5.18. The average molecular weight is 413 g/mol. The van der Waals surface area contributed by atoms with Crippen LogP contribution in [0.4, 0.5) is 0 Å².